The molecule has 0 aliphatic rings. The lowest BCUT2D eigenvalue weighted by molar-refractivity contribution is 0.0951. The van der Waals surface area contributed by atoms with E-state index in [4.69, 9.17) is 9.47 Å². The Hall–Kier alpha value is -2.08. The average molecular weight is 306 g/mol. The fourth-order valence-electron chi connectivity index (χ4n) is 1.84. The summed E-state index contributed by atoms with van der Waals surface area (Å²) in [5, 5.41) is 5.26. The maximum absolute atomic E-state index is 11.7. The van der Waals surface area contributed by atoms with E-state index in [2.05, 4.69) is 10.3 Å². The minimum atomic E-state index is -0.155. The van der Waals surface area contributed by atoms with Crippen LogP contribution in [-0.4, -0.2) is 31.2 Å². The fourth-order valence-corrected chi connectivity index (χ4v) is 2.63. The van der Waals surface area contributed by atoms with Gasteiger partial charge in [-0.2, -0.15) is 0 Å². The quantitative estimate of drug-likeness (QED) is 0.891. The summed E-state index contributed by atoms with van der Waals surface area (Å²) in [5.74, 6) is 1.20. The van der Waals surface area contributed by atoms with Gasteiger partial charge in [-0.1, -0.05) is 0 Å². The molecule has 2 aromatic rings. The Morgan fingerprint density at radius 2 is 2.14 bits per heavy atom. The van der Waals surface area contributed by atoms with Gasteiger partial charge in [0.15, 0.2) is 11.5 Å². The van der Waals surface area contributed by atoms with Crippen molar-refractivity contribution < 1.29 is 14.3 Å². The van der Waals surface area contributed by atoms with Crippen LogP contribution in [0.4, 0.5) is 0 Å². The molecule has 0 radical (unpaired) electrons. The molecule has 0 spiro atoms. The highest BCUT2D eigenvalue weighted by molar-refractivity contribution is 7.13. The Morgan fingerprint density at radius 1 is 1.33 bits per heavy atom. The highest BCUT2D eigenvalue weighted by atomic mass is 32.1. The molecule has 6 heteroatoms. The summed E-state index contributed by atoms with van der Waals surface area (Å²) in [6.45, 7) is 4.96. The molecule has 1 amide bonds. The fraction of sp³-hybridized carbons (Fsp3) is 0.333. The highest BCUT2D eigenvalue weighted by Gasteiger charge is 2.13. The first-order valence-electron chi connectivity index (χ1n) is 6.74. The van der Waals surface area contributed by atoms with Crippen LogP contribution in [0.5, 0.6) is 11.5 Å². The Kier molecular flexibility index (Phi) is 5.16. The molecule has 1 N–H and O–H groups in total. The Morgan fingerprint density at radius 3 is 2.81 bits per heavy atom. The van der Waals surface area contributed by atoms with Gasteiger partial charge in [-0.15, -0.1) is 11.3 Å². The second-order valence-corrected chi connectivity index (χ2v) is 5.05. The molecule has 0 unspecified atom stereocenters. The molecule has 2 rings (SSSR count). The number of ether oxygens (including phenoxy) is 2. The van der Waals surface area contributed by atoms with Gasteiger partial charge in [-0.05, 0) is 32.0 Å². The maximum Gasteiger partial charge on any atom is 0.270 e. The van der Waals surface area contributed by atoms with Gasteiger partial charge in [0.1, 0.15) is 10.7 Å². The van der Waals surface area contributed by atoms with Crippen LogP contribution in [0.1, 0.15) is 24.3 Å². The zero-order chi connectivity index (χ0) is 15.2. The normalized spacial score (nSPS) is 10.2. The summed E-state index contributed by atoms with van der Waals surface area (Å²) in [6.07, 6.45) is 0. The summed E-state index contributed by atoms with van der Waals surface area (Å²) < 4.78 is 10.8. The number of hydrogen-bond acceptors (Lipinski definition) is 5. The van der Waals surface area contributed by atoms with E-state index in [1.165, 1.54) is 11.3 Å². The highest BCUT2D eigenvalue weighted by Crippen LogP contribution is 2.33. The molecule has 0 aliphatic heterocycles. The van der Waals surface area contributed by atoms with Gasteiger partial charge in [0.2, 0.25) is 0 Å². The van der Waals surface area contributed by atoms with E-state index >= 15 is 0 Å². The summed E-state index contributed by atoms with van der Waals surface area (Å²) in [5.41, 5.74) is 1.33. The first kappa shape index (κ1) is 15.3. The molecule has 0 saturated heterocycles. The van der Waals surface area contributed by atoms with Gasteiger partial charge in [-0.25, -0.2) is 4.98 Å². The number of aromatic nitrogens is 1. The molecule has 5 nitrogen and oxygen atoms in total. The smallest absolute Gasteiger partial charge is 0.270 e. The lowest BCUT2D eigenvalue weighted by Crippen LogP contribution is -2.22. The summed E-state index contributed by atoms with van der Waals surface area (Å²) >= 11 is 1.43. The zero-order valence-corrected chi connectivity index (χ0v) is 13.1. The summed E-state index contributed by atoms with van der Waals surface area (Å²) in [6, 6.07) is 5.63. The largest absolute Gasteiger partial charge is 0.493 e. The SMILES string of the molecule is CCNC(=O)c1csc(-c2ccc(OCC)c(OC)c2)n1. The van der Waals surface area contributed by atoms with Gasteiger partial charge < -0.3 is 14.8 Å². The van der Waals surface area contributed by atoms with E-state index in [-0.39, 0.29) is 5.91 Å². The third kappa shape index (κ3) is 3.52. The second kappa shape index (κ2) is 7.08. The number of carbonyl (C=O) groups is 1. The predicted molar refractivity (Wildman–Crippen MR) is 83.3 cm³/mol. The minimum absolute atomic E-state index is 0.155. The van der Waals surface area contributed by atoms with E-state index in [1.807, 2.05) is 32.0 Å². The van der Waals surface area contributed by atoms with Gasteiger partial charge in [0, 0.05) is 17.5 Å². The van der Waals surface area contributed by atoms with Crippen molar-refractivity contribution in [1.82, 2.24) is 10.3 Å². The number of methoxy groups -OCH3 is 1. The van der Waals surface area contributed by atoms with Gasteiger partial charge in [-0.3, -0.25) is 4.79 Å². The van der Waals surface area contributed by atoms with Gasteiger partial charge in [0.25, 0.3) is 5.91 Å². The van der Waals surface area contributed by atoms with Crippen molar-refractivity contribution in [2.75, 3.05) is 20.3 Å². The van der Waals surface area contributed by atoms with Crippen LogP contribution in [0.2, 0.25) is 0 Å². The first-order chi connectivity index (χ1) is 10.2. The molecule has 112 valence electrons. The molecule has 0 saturated carbocycles. The molecule has 1 heterocycles. The minimum Gasteiger partial charge on any atom is -0.493 e. The molecule has 0 bridgehead atoms. The number of nitrogens with one attached hydrogen (secondary N) is 1. The average Bonchev–Trinajstić information content (AvgIpc) is 2.98. The molecule has 0 fully saturated rings. The van der Waals surface area contributed by atoms with Crippen molar-refractivity contribution in [1.29, 1.82) is 0 Å². The van der Waals surface area contributed by atoms with Gasteiger partial charge in [0.05, 0.1) is 13.7 Å². The van der Waals surface area contributed by atoms with E-state index < -0.39 is 0 Å². The molecule has 1 aromatic heterocycles. The van der Waals surface area contributed by atoms with Crippen molar-refractivity contribution in [2.45, 2.75) is 13.8 Å². The maximum atomic E-state index is 11.7. The van der Waals surface area contributed by atoms with Crippen molar-refractivity contribution in [3.05, 3.63) is 29.3 Å². The van der Waals surface area contributed by atoms with Crippen molar-refractivity contribution in [3.63, 3.8) is 0 Å². The Labute approximate surface area is 127 Å². The third-order valence-electron chi connectivity index (χ3n) is 2.78. The monoisotopic (exact) mass is 306 g/mol. The predicted octanol–water partition coefficient (Wildman–Crippen LogP) is 2.97. The van der Waals surface area contributed by atoms with E-state index in [9.17, 15) is 4.79 Å². The van der Waals surface area contributed by atoms with Crippen LogP contribution in [0.3, 0.4) is 0 Å². The Balaban J connectivity index is 2.28. The van der Waals surface area contributed by atoms with Crippen molar-refractivity contribution in [3.8, 4) is 22.1 Å². The number of thiazole rings is 1. The van der Waals surface area contributed by atoms with Crippen LogP contribution in [-0.2, 0) is 0 Å². The lowest BCUT2D eigenvalue weighted by Gasteiger charge is -2.09. The molecule has 21 heavy (non-hydrogen) atoms. The summed E-state index contributed by atoms with van der Waals surface area (Å²) in [4.78, 5) is 16.1. The molecular formula is C15H18N2O3S. The lowest BCUT2D eigenvalue weighted by atomic mass is 10.2. The number of amides is 1. The van der Waals surface area contributed by atoms with Crippen molar-refractivity contribution in [2.24, 2.45) is 0 Å². The molecule has 0 atom stereocenters. The number of benzene rings is 1. The molecular weight excluding hydrogens is 288 g/mol. The van der Waals surface area contributed by atoms with Crippen molar-refractivity contribution >= 4 is 17.2 Å². The second-order valence-electron chi connectivity index (χ2n) is 4.20. The van der Waals surface area contributed by atoms with Crippen LogP contribution < -0.4 is 14.8 Å². The van der Waals surface area contributed by atoms with Crippen LogP contribution in [0.25, 0.3) is 10.6 Å². The number of rotatable bonds is 6. The third-order valence-corrected chi connectivity index (χ3v) is 3.68. The topological polar surface area (TPSA) is 60.5 Å². The molecule has 0 aliphatic carbocycles. The Bertz CT molecular complexity index is 625. The van der Waals surface area contributed by atoms with E-state index in [0.29, 0.717) is 30.3 Å². The van der Waals surface area contributed by atoms with E-state index in [0.717, 1.165) is 10.6 Å². The number of carbonyl (C=O) groups excluding carboxylic acids is 1. The standard InChI is InChI=1S/C15H18N2O3S/c1-4-16-14(18)11-9-21-15(17-11)10-6-7-12(20-5-2)13(8-10)19-3/h6-9H,4-5H2,1-3H3,(H,16,18). The molecule has 1 aromatic carbocycles. The van der Waals surface area contributed by atoms with Crippen LogP contribution in [0.15, 0.2) is 23.6 Å². The summed E-state index contributed by atoms with van der Waals surface area (Å²) in [7, 11) is 1.60. The van der Waals surface area contributed by atoms with E-state index in [1.54, 1.807) is 12.5 Å². The van der Waals surface area contributed by atoms with Gasteiger partial charge >= 0.3 is 0 Å². The number of hydrogen-bond donors (Lipinski definition) is 1. The van der Waals surface area contributed by atoms with Crippen LogP contribution in [0, 0.1) is 0 Å². The zero-order valence-electron chi connectivity index (χ0n) is 12.3. The first-order valence-corrected chi connectivity index (χ1v) is 7.62. The number of nitrogens with zero attached hydrogens (tertiary/aromatic N) is 1. The van der Waals surface area contributed by atoms with Crippen LogP contribution >= 0.6 is 11.3 Å².